The van der Waals surface area contributed by atoms with E-state index >= 15 is 0 Å². The third kappa shape index (κ3) is 3.31. The van der Waals surface area contributed by atoms with Crippen LogP contribution in [0.1, 0.15) is 13.3 Å². The highest BCUT2D eigenvalue weighted by atomic mass is 32.2. The lowest BCUT2D eigenvalue weighted by Crippen LogP contribution is -2.46. The minimum Gasteiger partial charge on any atom is -0.373 e. The third-order valence-corrected chi connectivity index (χ3v) is 5.38. The highest BCUT2D eigenvalue weighted by Crippen LogP contribution is 2.27. The molecule has 1 aromatic rings. The highest BCUT2D eigenvalue weighted by molar-refractivity contribution is 7.91. The molecule has 2 N–H and O–H groups in total. The Morgan fingerprint density at radius 3 is 2.85 bits per heavy atom. The van der Waals surface area contributed by atoms with Crippen LogP contribution in [-0.2, 0) is 14.6 Å². The number of rotatable bonds is 5. The van der Waals surface area contributed by atoms with E-state index in [1.807, 2.05) is 19.1 Å². The van der Waals surface area contributed by atoms with E-state index in [2.05, 4.69) is 4.90 Å². The Morgan fingerprint density at radius 1 is 1.40 bits per heavy atom. The summed E-state index contributed by atoms with van der Waals surface area (Å²) in [5.74, 6) is 0.175. The lowest BCUT2D eigenvalue weighted by Gasteiger charge is -2.35. The molecule has 1 fully saturated rings. The minimum atomic E-state index is -3.23. The smallest absolute Gasteiger partial charge is 0.180 e. The first-order valence-corrected chi connectivity index (χ1v) is 8.62. The van der Waals surface area contributed by atoms with Gasteiger partial charge in [-0.2, -0.15) is 0 Å². The molecular formula is C14H22N2O3S. The fourth-order valence-electron chi connectivity index (χ4n) is 2.44. The van der Waals surface area contributed by atoms with E-state index in [0.717, 1.165) is 5.69 Å². The molecular weight excluding hydrogens is 276 g/mol. The molecule has 0 aliphatic carbocycles. The van der Waals surface area contributed by atoms with Crippen LogP contribution in [0.4, 0.5) is 5.69 Å². The zero-order chi connectivity index (χ0) is 14.6. The quantitative estimate of drug-likeness (QED) is 0.879. The molecule has 2 rings (SSSR count). The lowest BCUT2D eigenvalue weighted by atomic mass is 10.2. The second-order valence-corrected chi connectivity index (χ2v) is 7.04. The Hall–Kier alpha value is -1.11. The average Bonchev–Trinajstić information content (AvgIpc) is 2.47. The molecule has 1 unspecified atom stereocenters. The summed E-state index contributed by atoms with van der Waals surface area (Å²) in [4.78, 5) is 2.48. The van der Waals surface area contributed by atoms with Crippen LogP contribution in [0.15, 0.2) is 29.2 Å². The van der Waals surface area contributed by atoms with Gasteiger partial charge in [-0.15, -0.1) is 0 Å². The van der Waals surface area contributed by atoms with E-state index in [0.29, 0.717) is 37.6 Å². The van der Waals surface area contributed by atoms with Gasteiger partial charge in [0.1, 0.15) is 0 Å². The molecule has 0 bridgehead atoms. The van der Waals surface area contributed by atoms with Crippen molar-refractivity contribution in [3.8, 4) is 0 Å². The van der Waals surface area contributed by atoms with Crippen LogP contribution in [0.3, 0.4) is 0 Å². The Bertz CT molecular complexity index is 545. The number of para-hydroxylation sites is 1. The van der Waals surface area contributed by atoms with Crippen molar-refractivity contribution in [1.82, 2.24) is 0 Å². The molecule has 1 saturated heterocycles. The molecule has 1 atom stereocenters. The largest absolute Gasteiger partial charge is 0.373 e. The predicted molar refractivity (Wildman–Crippen MR) is 79.8 cm³/mol. The highest BCUT2D eigenvalue weighted by Gasteiger charge is 2.25. The SMILES string of the molecule is CCCS(=O)(=O)c1ccccc1N1CCOC(CN)C1. The topological polar surface area (TPSA) is 72.6 Å². The molecule has 1 heterocycles. The predicted octanol–water partition coefficient (Wildman–Crippen LogP) is 1.03. The second kappa shape index (κ2) is 6.56. The summed E-state index contributed by atoms with van der Waals surface area (Å²) in [5, 5.41) is 0. The van der Waals surface area contributed by atoms with Gasteiger partial charge in [0.05, 0.1) is 29.0 Å². The van der Waals surface area contributed by atoms with Crippen molar-refractivity contribution < 1.29 is 13.2 Å². The van der Waals surface area contributed by atoms with Crippen molar-refractivity contribution in [3.05, 3.63) is 24.3 Å². The van der Waals surface area contributed by atoms with Crippen LogP contribution in [0.2, 0.25) is 0 Å². The standard InChI is InChI=1S/C14H22N2O3S/c1-2-9-20(17,18)14-6-4-3-5-13(14)16-7-8-19-12(10-15)11-16/h3-6,12H,2,7-11,15H2,1H3. The zero-order valence-electron chi connectivity index (χ0n) is 11.8. The van der Waals surface area contributed by atoms with Gasteiger partial charge in [0.2, 0.25) is 0 Å². The Kier molecular flexibility index (Phi) is 5.01. The van der Waals surface area contributed by atoms with Crippen LogP contribution in [-0.4, -0.2) is 46.5 Å². The van der Waals surface area contributed by atoms with E-state index in [-0.39, 0.29) is 11.9 Å². The molecule has 0 spiro atoms. The van der Waals surface area contributed by atoms with Gasteiger partial charge < -0.3 is 15.4 Å². The fourth-order valence-corrected chi connectivity index (χ4v) is 4.00. The molecule has 1 aliphatic heterocycles. The van der Waals surface area contributed by atoms with Crippen LogP contribution in [0, 0.1) is 0 Å². The second-order valence-electron chi connectivity index (χ2n) is 4.96. The molecule has 1 aliphatic rings. The zero-order valence-corrected chi connectivity index (χ0v) is 12.6. The average molecular weight is 298 g/mol. The maximum atomic E-state index is 12.4. The summed E-state index contributed by atoms with van der Waals surface area (Å²) in [7, 11) is -3.23. The molecule has 112 valence electrons. The lowest BCUT2D eigenvalue weighted by molar-refractivity contribution is 0.0464. The number of anilines is 1. The van der Waals surface area contributed by atoms with Crippen molar-refractivity contribution in [2.24, 2.45) is 5.73 Å². The molecule has 1 aromatic carbocycles. The first-order chi connectivity index (χ1) is 9.58. The first-order valence-electron chi connectivity index (χ1n) is 6.97. The van der Waals surface area contributed by atoms with Gasteiger partial charge in [-0.25, -0.2) is 8.42 Å². The van der Waals surface area contributed by atoms with Gasteiger partial charge in [-0.1, -0.05) is 19.1 Å². The van der Waals surface area contributed by atoms with Gasteiger partial charge in [-0.3, -0.25) is 0 Å². The van der Waals surface area contributed by atoms with Crippen molar-refractivity contribution in [2.45, 2.75) is 24.3 Å². The van der Waals surface area contributed by atoms with E-state index < -0.39 is 9.84 Å². The maximum Gasteiger partial charge on any atom is 0.180 e. The van der Waals surface area contributed by atoms with E-state index in [1.165, 1.54) is 0 Å². The van der Waals surface area contributed by atoms with E-state index in [1.54, 1.807) is 12.1 Å². The summed E-state index contributed by atoms with van der Waals surface area (Å²) < 4.78 is 30.3. The summed E-state index contributed by atoms with van der Waals surface area (Å²) in [6, 6.07) is 7.19. The molecule has 6 heteroatoms. The number of nitrogens with zero attached hydrogens (tertiary/aromatic N) is 1. The van der Waals surface area contributed by atoms with Gasteiger partial charge in [0, 0.05) is 19.6 Å². The summed E-state index contributed by atoms with van der Waals surface area (Å²) in [5.41, 5.74) is 6.41. The van der Waals surface area contributed by atoms with Crippen molar-refractivity contribution in [3.63, 3.8) is 0 Å². The van der Waals surface area contributed by atoms with Gasteiger partial charge in [0.15, 0.2) is 9.84 Å². The molecule has 0 radical (unpaired) electrons. The number of hydrogen-bond donors (Lipinski definition) is 1. The van der Waals surface area contributed by atoms with Gasteiger partial charge in [-0.05, 0) is 18.6 Å². The van der Waals surface area contributed by atoms with Crippen LogP contribution < -0.4 is 10.6 Å². The molecule has 0 aromatic heterocycles. The van der Waals surface area contributed by atoms with Crippen molar-refractivity contribution in [1.29, 1.82) is 0 Å². The summed E-state index contributed by atoms with van der Waals surface area (Å²) in [6.07, 6.45) is 0.580. The number of hydrogen-bond acceptors (Lipinski definition) is 5. The summed E-state index contributed by atoms with van der Waals surface area (Å²) >= 11 is 0. The molecule has 0 saturated carbocycles. The Labute approximate surface area is 120 Å². The van der Waals surface area contributed by atoms with Crippen LogP contribution in [0.25, 0.3) is 0 Å². The number of ether oxygens (including phenoxy) is 1. The first kappa shape index (κ1) is 15.3. The molecule has 20 heavy (non-hydrogen) atoms. The van der Waals surface area contributed by atoms with Crippen LogP contribution in [0.5, 0.6) is 0 Å². The summed E-state index contributed by atoms with van der Waals surface area (Å²) in [6.45, 7) is 4.22. The van der Waals surface area contributed by atoms with Crippen molar-refractivity contribution in [2.75, 3.05) is 36.9 Å². The van der Waals surface area contributed by atoms with Crippen LogP contribution >= 0.6 is 0 Å². The molecule has 0 amide bonds. The fraction of sp³-hybridized carbons (Fsp3) is 0.571. The van der Waals surface area contributed by atoms with Gasteiger partial charge >= 0.3 is 0 Å². The monoisotopic (exact) mass is 298 g/mol. The third-order valence-electron chi connectivity index (χ3n) is 3.42. The number of benzene rings is 1. The number of nitrogens with two attached hydrogens (primary N) is 1. The minimum absolute atomic E-state index is 0.0364. The molecule has 5 nitrogen and oxygen atoms in total. The Balaban J connectivity index is 2.33. The Morgan fingerprint density at radius 2 is 2.15 bits per heavy atom. The van der Waals surface area contributed by atoms with Gasteiger partial charge in [0.25, 0.3) is 0 Å². The normalized spacial score (nSPS) is 20.1. The number of sulfone groups is 1. The van der Waals surface area contributed by atoms with Crippen molar-refractivity contribution >= 4 is 15.5 Å². The maximum absolute atomic E-state index is 12.4. The van der Waals surface area contributed by atoms with E-state index in [4.69, 9.17) is 10.5 Å². The van der Waals surface area contributed by atoms with E-state index in [9.17, 15) is 8.42 Å². The number of morpholine rings is 1.